The van der Waals surface area contributed by atoms with Crippen LogP contribution in [0, 0.1) is 5.92 Å². The number of amides is 1. The Bertz CT molecular complexity index is 1090. The number of carbonyl (C=O) groups is 2. The number of carboxylic acids is 1. The highest BCUT2D eigenvalue weighted by Gasteiger charge is 2.21. The molecule has 3 aromatic rings. The highest BCUT2D eigenvalue weighted by atomic mass is 16.4. The van der Waals surface area contributed by atoms with Gasteiger partial charge < -0.3 is 15.7 Å². The predicted octanol–water partition coefficient (Wildman–Crippen LogP) is 2.08. The van der Waals surface area contributed by atoms with Gasteiger partial charge in [-0.05, 0) is 61.7 Å². The van der Waals surface area contributed by atoms with Crippen LogP contribution in [0.25, 0.3) is 11.7 Å². The number of hydrogen-bond donors (Lipinski definition) is 3. The van der Waals surface area contributed by atoms with Crippen LogP contribution in [0.15, 0.2) is 48.9 Å². The third kappa shape index (κ3) is 4.95. The molecular weight excluding hydrogens is 396 g/mol. The zero-order valence-corrected chi connectivity index (χ0v) is 16.9. The van der Waals surface area contributed by atoms with Crippen LogP contribution in [0.2, 0.25) is 0 Å². The molecule has 0 saturated carbocycles. The summed E-state index contributed by atoms with van der Waals surface area (Å²) < 4.78 is 1.77. The number of aliphatic carboxylic acids is 1. The van der Waals surface area contributed by atoms with Gasteiger partial charge in [-0.2, -0.15) is 0 Å². The van der Waals surface area contributed by atoms with Gasteiger partial charge in [-0.1, -0.05) is 12.1 Å². The molecule has 9 heteroatoms. The number of aromatic nitrogens is 4. The smallest absolute Gasteiger partial charge is 0.305 e. The quantitative estimate of drug-likeness (QED) is 0.535. The first-order chi connectivity index (χ1) is 15.1. The SMILES string of the molecule is O=C(O)C[C@H](NC(=O)c1cccn2c(/C=C/C3CCNCC3)nnc12)c1cccnc1. The van der Waals surface area contributed by atoms with E-state index in [0.29, 0.717) is 28.5 Å². The van der Waals surface area contributed by atoms with Gasteiger partial charge in [-0.3, -0.25) is 19.0 Å². The molecule has 9 nitrogen and oxygen atoms in total. The Hall–Kier alpha value is -3.59. The minimum Gasteiger partial charge on any atom is -0.481 e. The highest BCUT2D eigenvalue weighted by Crippen LogP contribution is 2.19. The maximum atomic E-state index is 13.0. The lowest BCUT2D eigenvalue weighted by atomic mass is 9.98. The van der Waals surface area contributed by atoms with Gasteiger partial charge in [0, 0.05) is 18.6 Å². The van der Waals surface area contributed by atoms with Crippen molar-refractivity contribution >= 4 is 23.6 Å². The molecule has 4 rings (SSSR count). The van der Waals surface area contributed by atoms with E-state index in [2.05, 4.69) is 31.9 Å². The van der Waals surface area contributed by atoms with E-state index in [9.17, 15) is 14.7 Å². The van der Waals surface area contributed by atoms with Gasteiger partial charge in [0.05, 0.1) is 18.0 Å². The third-order valence-electron chi connectivity index (χ3n) is 5.38. The topological polar surface area (TPSA) is 122 Å². The molecule has 0 aliphatic carbocycles. The molecule has 3 N–H and O–H groups in total. The van der Waals surface area contributed by atoms with Crippen molar-refractivity contribution in [2.24, 2.45) is 5.92 Å². The molecule has 31 heavy (non-hydrogen) atoms. The zero-order valence-electron chi connectivity index (χ0n) is 16.9. The standard InChI is InChI=1S/C22H24N6O3/c29-20(30)13-18(16-3-1-9-24-14-16)25-22(31)17-4-2-12-28-19(26-27-21(17)28)6-5-15-7-10-23-11-8-15/h1-6,9,12,14-15,18,23H,7-8,10-11,13H2,(H,25,31)(H,29,30)/b6-5+/t18-/m0/s1. The molecule has 1 aliphatic rings. The Labute approximate surface area is 179 Å². The Morgan fingerprint density at radius 2 is 2.10 bits per heavy atom. The van der Waals surface area contributed by atoms with Crippen molar-refractivity contribution in [3.05, 3.63) is 65.9 Å². The van der Waals surface area contributed by atoms with E-state index in [-0.39, 0.29) is 6.42 Å². The maximum Gasteiger partial charge on any atom is 0.305 e. The van der Waals surface area contributed by atoms with Crippen LogP contribution < -0.4 is 10.6 Å². The second-order valence-electron chi connectivity index (χ2n) is 7.53. The molecule has 1 aliphatic heterocycles. The molecule has 160 valence electrons. The molecule has 0 radical (unpaired) electrons. The fraction of sp³-hybridized carbons (Fsp3) is 0.318. The molecule has 0 unspecified atom stereocenters. The molecule has 1 amide bonds. The maximum absolute atomic E-state index is 13.0. The summed E-state index contributed by atoms with van der Waals surface area (Å²) in [5.74, 6) is -0.281. The Kier molecular flexibility index (Phi) is 6.32. The first-order valence-corrected chi connectivity index (χ1v) is 10.3. The van der Waals surface area contributed by atoms with E-state index in [1.165, 1.54) is 0 Å². The predicted molar refractivity (Wildman–Crippen MR) is 114 cm³/mol. The van der Waals surface area contributed by atoms with Crippen LogP contribution in [-0.4, -0.2) is 49.7 Å². The van der Waals surface area contributed by atoms with Crippen molar-refractivity contribution in [1.29, 1.82) is 0 Å². The second kappa shape index (κ2) is 9.48. The monoisotopic (exact) mass is 420 g/mol. The van der Waals surface area contributed by atoms with Gasteiger partial charge in [-0.25, -0.2) is 0 Å². The third-order valence-corrected chi connectivity index (χ3v) is 5.38. The zero-order chi connectivity index (χ0) is 21.6. The van der Waals surface area contributed by atoms with Gasteiger partial charge in [0.1, 0.15) is 0 Å². The molecular formula is C22H24N6O3. The largest absolute Gasteiger partial charge is 0.481 e. The number of nitrogens with zero attached hydrogens (tertiary/aromatic N) is 4. The minimum absolute atomic E-state index is 0.253. The average Bonchev–Trinajstić information content (AvgIpc) is 3.21. The first kappa shape index (κ1) is 20.7. The summed E-state index contributed by atoms with van der Waals surface area (Å²) in [6.45, 7) is 2.02. The van der Waals surface area contributed by atoms with Crippen LogP contribution in [0.3, 0.4) is 0 Å². The number of rotatable bonds is 7. The average molecular weight is 420 g/mol. The van der Waals surface area contributed by atoms with E-state index in [1.807, 2.05) is 12.3 Å². The second-order valence-corrected chi connectivity index (χ2v) is 7.53. The van der Waals surface area contributed by atoms with Crippen molar-refractivity contribution in [3.8, 4) is 0 Å². The number of allylic oxidation sites excluding steroid dienone is 1. The van der Waals surface area contributed by atoms with Crippen molar-refractivity contribution in [2.45, 2.75) is 25.3 Å². The van der Waals surface area contributed by atoms with Gasteiger partial charge in [-0.15, -0.1) is 10.2 Å². The van der Waals surface area contributed by atoms with E-state index >= 15 is 0 Å². The fourth-order valence-corrected chi connectivity index (χ4v) is 3.73. The van der Waals surface area contributed by atoms with Gasteiger partial charge in [0.15, 0.2) is 11.5 Å². The fourth-order valence-electron chi connectivity index (χ4n) is 3.73. The lowest BCUT2D eigenvalue weighted by Crippen LogP contribution is -2.30. The summed E-state index contributed by atoms with van der Waals surface area (Å²) in [5.41, 5.74) is 1.37. The summed E-state index contributed by atoms with van der Waals surface area (Å²) in [6.07, 6.45) is 11.0. The lowest BCUT2D eigenvalue weighted by molar-refractivity contribution is -0.137. The van der Waals surface area contributed by atoms with E-state index in [1.54, 1.807) is 41.1 Å². The molecule has 0 aromatic carbocycles. The lowest BCUT2D eigenvalue weighted by Gasteiger charge is -2.18. The summed E-state index contributed by atoms with van der Waals surface area (Å²) in [6, 6.07) is 6.14. The Balaban J connectivity index is 1.57. The molecule has 0 spiro atoms. The van der Waals surface area contributed by atoms with Gasteiger partial charge in [0.2, 0.25) is 0 Å². The molecule has 1 atom stereocenters. The van der Waals surface area contributed by atoms with Crippen LogP contribution in [-0.2, 0) is 4.79 Å². The minimum atomic E-state index is -1.01. The summed E-state index contributed by atoms with van der Waals surface area (Å²) in [5, 5.41) is 23.8. The van der Waals surface area contributed by atoms with Crippen molar-refractivity contribution in [3.63, 3.8) is 0 Å². The number of hydrogen-bond acceptors (Lipinski definition) is 6. The normalized spacial score (nSPS) is 15.9. The van der Waals surface area contributed by atoms with Gasteiger partial charge >= 0.3 is 5.97 Å². The van der Waals surface area contributed by atoms with Crippen molar-refractivity contribution in [2.75, 3.05) is 13.1 Å². The van der Waals surface area contributed by atoms with Crippen molar-refractivity contribution < 1.29 is 14.7 Å². The summed E-state index contributed by atoms with van der Waals surface area (Å²) in [7, 11) is 0. The number of piperidine rings is 1. The molecule has 4 heterocycles. The number of fused-ring (bicyclic) bond motifs is 1. The first-order valence-electron chi connectivity index (χ1n) is 10.3. The highest BCUT2D eigenvalue weighted by molar-refractivity contribution is 6.00. The van der Waals surface area contributed by atoms with E-state index < -0.39 is 17.9 Å². The molecule has 1 saturated heterocycles. The number of carbonyl (C=O) groups excluding carboxylic acids is 1. The summed E-state index contributed by atoms with van der Waals surface area (Å²) >= 11 is 0. The van der Waals surface area contributed by atoms with E-state index in [0.717, 1.165) is 25.9 Å². The summed E-state index contributed by atoms with van der Waals surface area (Å²) in [4.78, 5) is 28.3. The van der Waals surface area contributed by atoms with Crippen LogP contribution in [0.5, 0.6) is 0 Å². The van der Waals surface area contributed by atoms with Crippen LogP contribution >= 0.6 is 0 Å². The van der Waals surface area contributed by atoms with Gasteiger partial charge in [0.25, 0.3) is 5.91 Å². The molecule has 0 bridgehead atoms. The Morgan fingerprint density at radius 3 is 2.84 bits per heavy atom. The van der Waals surface area contributed by atoms with Crippen LogP contribution in [0.1, 0.15) is 47.1 Å². The Morgan fingerprint density at radius 1 is 1.26 bits per heavy atom. The number of pyridine rings is 2. The molecule has 3 aromatic heterocycles. The van der Waals surface area contributed by atoms with Crippen LogP contribution in [0.4, 0.5) is 0 Å². The van der Waals surface area contributed by atoms with E-state index in [4.69, 9.17) is 0 Å². The number of nitrogens with one attached hydrogen (secondary N) is 2. The number of carboxylic acid groups (broad SMARTS) is 1. The van der Waals surface area contributed by atoms with Crippen molar-refractivity contribution in [1.82, 2.24) is 30.2 Å². The molecule has 1 fully saturated rings.